The van der Waals surface area contributed by atoms with Crippen LogP contribution < -0.4 is 11.1 Å². The van der Waals surface area contributed by atoms with Gasteiger partial charge in [0.15, 0.2) is 0 Å². The highest BCUT2D eigenvalue weighted by atomic mass is 79.9. The van der Waals surface area contributed by atoms with Crippen molar-refractivity contribution in [2.24, 2.45) is 0 Å². The number of carbonyl (C=O) groups excluding carboxylic acids is 1. The summed E-state index contributed by atoms with van der Waals surface area (Å²) in [7, 11) is 0. The molecule has 3 nitrogen and oxygen atoms in total. The number of anilines is 2. The number of nitrogens with one attached hydrogen (secondary N) is 1. The lowest BCUT2D eigenvalue weighted by Crippen LogP contribution is -2.17. The lowest BCUT2D eigenvalue weighted by molar-refractivity contribution is 0.101. The molecule has 0 spiro atoms. The van der Waals surface area contributed by atoms with Gasteiger partial charge in [-0.2, -0.15) is 0 Å². The Morgan fingerprint density at radius 1 is 1.15 bits per heavy atom. The maximum absolute atomic E-state index is 13.5. The standard InChI is InChI=1S/C13H8Br2F2N2O/c14-6-4-7(15)12(10(18)5-6)19-13(20)11-8(16)2-1-3-9(11)17/h1-5H,18H2,(H,19,20). The monoisotopic (exact) mass is 404 g/mol. The first kappa shape index (κ1) is 14.9. The zero-order valence-corrected chi connectivity index (χ0v) is 13.1. The summed E-state index contributed by atoms with van der Waals surface area (Å²) < 4.78 is 28.2. The van der Waals surface area contributed by atoms with Crippen molar-refractivity contribution < 1.29 is 13.6 Å². The molecule has 0 aromatic heterocycles. The largest absolute Gasteiger partial charge is 0.397 e. The number of carbonyl (C=O) groups is 1. The Hall–Kier alpha value is -1.47. The number of hydrogen-bond donors (Lipinski definition) is 2. The fourth-order valence-electron chi connectivity index (χ4n) is 1.62. The molecule has 0 atom stereocenters. The molecule has 2 rings (SSSR count). The van der Waals surface area contributed by atoms with E-state index < -0.39 is 23.1 Å². The van der Waals surface area contributed by atoms with Gasteiger partial charge >= 0.3 is 0 Å². The zero-order valence-electron chi connectivity index (χ0n) is 9.88. The molecule has 0 heterocycles. The summed E-state index contributed by atoms with van der Waals surface area (Å²) in [6.07, 6.45) is 0. The molecule has 7 heteroatoms. The van der Waals surface area contributed by atoms with E-state index >= 15 is 0 Å². The molecule has 0 fully saturated rings. The van der Waals surface area contributed by atoms with Crippen molar-refractivity contribution >= 4 is 49.1 Å². The van der Waals surface area contributed by atoms with Crippen LogP contribution in [0, 0.1) is 11.6 Å². The van der Waals surface area contributed by atoms with Crippen molar-refractivity contribution in [2.45, 2.75) is 0 Å². The van der Waals surface area contributed by atoms with Gasteiger partial charge in [-0.25, -0.2) is 8.78 Å². The maximum atomic E-state index is 13.5. The van der Waals surface area contributed by atoms with E-state index in [-0.39, 0.29) is 11.4 Å². The maximum Gasteiger partial charge on any atom is 0.261 e. The quantitative estimate of drug-likeness (QED) is 0.731. The van der Waals surface area contributed by atoms with Crippen molar-refractivity contribution in [1.29, 1.82) is 0 Å². The van der Waals surface area contributed by atoms with Gasteiger partial charge in [0.1, 0.15) is 17.2 Å². The SMILES string of the molecule is Nc1cc(Br)cc(Br)c1NC(=O)c1c(F)cccc1F. The van der Waals surface area contributed by atoms with E-state index in [0.29, 0.717) is 8.95 Å². The first-order chi connectivity index (χ1) is 9.40. The first-order valence-electron chi connectivity index (χ1n) is 5.40. The van der Waals surface area contributed by atoms with Gasteiger partial charge in [-0.05, 0) is 40.2 Å². The van der Waals surface area contributed by atoms with Crippen LogP contribution in [0.3, 0.4) is 0 Å². The molecule has 20 heavy (non-hydrogen) atoms. The Labute approximate surface area is 130 Å². The Morgan fingerprint density at radius 2 is 1.75 bits per heavy atom. The Morgan fingerprint density at radius 3 is 2.30 bits per heavy atom. The molecular formula is C13H8Br2F2N2O. The van der Waals surface area contributed by atoms with Gasteiger partial charge < -0.3 is 11.1 Å². The van der Waals surface area contributed by atoms with Gasteiger partial charge in [0.25, 0.3) is 5.91 Å². The van der Waals surface area contributed by atoms with Crippen LogP contribution in [0.4, 0.5) is 20.2 Å². The molecule has 2 aromatic carbocycles. The fraction of sp³-hybridized carbons (Fsp3) is 0. The van der Waals surface area contributed by atoms with Crippen molar-refractivity contribution in [1.82, 2.24) is 0 Å². The zero-order chi connectivity index (χ0) is 14.9. The third kappa shape index (κ3) is 2.99. The number of hydrogen-bond acceptors (Lipinski definition) is 2. The van der Waals surface area contributed by atoms with E-state index in [1.807, 2.05) is 0 Å². The Balaban J connectivity index is 2.38. The number of amides is 1. The van der Waals surface area contributed by atoms with E-state index in [9.17, 15) is 13.6 Å². The smallest absolute Gasteiger partial charge is 0.261 e. The molecule has 0 radical (unpaired) electrons. The van der Waals surface area contributed by atoms with Gasteiger partial charge in [-0.3, -0.25) is 4.79 Å². The molecule has 0 saturated carbocycles. The molecule has 0 bridgehead atoms. The Kier molecular flexibility index (Phi) is 4.39. The van der Waals surface area contributed by atoms with Gasteiger partial charge in [0.2, 0.25) is 0 Å². The number of nitrogen functional groups attached to an aromatic ring is 1. The van der Waals surface area contributed by atoms with E-state index in [0.717, 1.165) is 12.1 Å². The average molecular weight is 406 g/mol. The first-order valence-corrected chi connectivity index (χ1v) is 6.98. The number of rotatable bonds is 2. The lowest BCUT2D eigenvalue weighted by Gasteiger charge is -2.12. The summed E-state index contributed by atoms with van der Waals surface area (Å²) in [6.45, 7) is 0. The third-order valence-corrected chi connectivity index (χ3v) is 3.60. The third-order valence-electron chi connectivity index (χ3n) is 2.51. The lowest BCUT2D eigenvalue weighted by atomic mass is 10.1. The predicted octanol–water partition coefficient (Wildman–Crippen LogP) is 4.32. The van der Waals surface area contributed by atoms with Crippen LogP contribution >= 0.6 is 31.9 Å². The molecule has 2 aromatic rings. The van der Waals surface area contributed by atoms with Crippen LogP contribution in [0.5, 0.6) is 0 Å². The molecule has 0 aliphatic carbocycles. The number of benzene rings is 2. The van der Waals surface area contributed by atoms with Crippen molar-refractivity contribution in [3.63, 3.8) is 0 Å². The minimum atomic E-state index is -0.936. The Bertz CT molecular complexity index is 649. The van der Waals surface area contributed by atoms with Gasteiger partial charge in [0.05, 0.1) is 11.4 Å². The van der Waals surface area contributed by atoms with E-state index in [4.69, 9.17) is 5.73 Å². The second kappa shape index (κ2) is 5.88. The highest BCUT2D eigenvalue weighted by Crippen LogP contribution is 2.33. The molecule has 0 saturated heterocycles. The number of halogens is 4. The summed E-state index contributed by atoms with van der Waals surface area (Å²) in [6, 6.07) is 6.43. The molecule has 0 unspecified atom stereocenters. The second-order valence-corrected chi connectivity index (χ2v) is 5.67. The van der Waals surface area contributed by atoms with Crippen LogP contribution in [-0.2, 0) is 0 Å². The molecular weight excluding hydrogens is 398 g/mol. The topological polar surface area (TPSA) is 55.1 Å². The summed E-state index contributed by atoms with van der Waals surface area (Å²) in [5, 5.41) is 2.39. The summed E-state index contributed by atoms with van der Waals surface area (Å²) in [5.74, 6) is -2.78. The van der Waals surface area contributed by atoms with Crippen LogP contribution in [0.1, 0.15) is 10.4 Å². The van der Waals surface area contributed by atoms with Gasteiger partial charge in [-0.15, -0.1) is 0 Å². The van der Waals surface area contributed by atoms with Crippen molar-refractivity contribution in [3.05, 3.63) is 56.5 Å². The minimum absolute atomic E-state index is 0.251. The van der Waals surface area contributed by atoms with Crippen molar-refractivity contribution in [2.75, 3.05) is 11.1 Å². The summed E-state index contributed by atoms with van der Waals surface area (Å²) in [5.41, 5.74) is 5.62. The van der Waals surface area contributed by atoms with E-state index in [1.54, 1.807) is 12.1 Å². The normalized spacial score (nSPS) is 10.4. The minimum Gasteiger partial charge on any atom is -0.397 e. The van der Waals surface area contributed by atoms with E-state index in [1.165, 1.54) is 6.07 Å². The molecule has 1 amide bonds. The van der Waals surface area contributed by atoms with Gasteiger partial charge in [0, 0.05) is 8.95 Å². The summed E-state index contributed by atoms with van der Waals surface area (Å²) >= 11 is 6.46. The van der Waals surface area contributed by atoms with Crippen LogP contribution in [-0.4, -0.2) is 5.91 Å². The van der Waals surface area contributed by atoms with Crippen LogP contribution in [0.25, 0.3) is 0 Å². The highest BCUT2D eigenvalue weighted by molar-refractivity contribution is 9.11. The fourth-order valence-corrected chi connectivity index (χ4v) is 2.97. The predicted molar refractivity (Wildman–Crippen MR) is 80.6 cm³/mol. The second-order valence-electron chi connectivity index (χ2n) is 3.90. The van der Waals surface area contributed by atoms with Crippen LogP contribution in [0.15, 0.2) is 39.3 Å². The molecule has 0 aliphatic heterocycles. The molecule has 3 N–H and O–H groups in total. The summed E-state index contributed by atoms with van der Waals surface area (Å²) in [4.78, 5) is 12.0. The van der Waals surface area contributed by atoms with Crippen molar-refractivity contribution in [3.8, 4) is 0 Å². The number of nitrogens with two attached hydrogens (primary N) is 1. The van der Waals surface area contributed by atoms with Gasteiger partial charge in [-0.1, -0.05) is 22.0 Å². The van der Waals surface area contributed by atoms with E-state index in [2.05, 4.69) is 37.2 Å². The molecule has 104 valence electrons. The molecule has 0 aliphatic rings. The van der Waals surface area contributed by atoms with Crippen LogP contribution in [0.2, 0.25) is 0 Å². The highest BCUT2D eigenvalue weighted by Gasteiger charge is 2.19. The average Bonchev–Trinajstić information content (AvgIpc) is 2.33.